The van der Waals surface area contributed by atoms with Crippen molar-refractivity contribution in [2.45, 2.75) is 26.8 Å². The molecule has 0 aliphatic rings. The summed E-state index contributed by atoms with van der Waals surface area (Å²) in [6, 6.07) is 10.1. The standard InChI is InChI=1S/C17H20N2O2S2/c1-10-12(3)23-15(14(10)16(20)21-4)19-17(22)18-11(2)13-8-6-5-7-9-13/h5-9,11H,1-4H3,(H2,18,19,22). The van der Waals surface area contributed by atoms with Crippen molar-refractivity contribution in [1.29, 1.82) is 0 Å². The second-order valence-corrected chi connectivity index (χ2v) is 6.84. The van der Waals surface area contributed by atoms with Crippen LogP contribution >= 0.6 is 23.6 Å². The van der Waals surface area contributed by atoms with Crippen LogP contribution < -0.4 is 10.6 Å². The number of carbonyl (C=O) groups excluding carboxylic acids is 1. The third kappa shape index (κ3) is 4.09. The van der Waals surface area contributed by atoms with Gasteiger partial charge < -0.3 is 15.4 Å². The first-order valence-corrected chi connectivity index (χ1v) is 8.47. The van der Waals surface area contributed by atoms with Crippen LogP contribution in [0.1, 0.15) is 39.3 Å². The predicted molar refractivity (Wildman–Crippen MR) is 99.3 cm³/mol. The van der Waals surface area contributed by atoms with Crippen LogP contribution in [0.5, 0.6) is 0 Å². The number of carbonyl (C=O) groups is 1. The lowest BCUT2D eigenvalue weighted by molar-refractivity contribution is 0.0601. The van der Waals surface area contributed by atoms with E-state index in [4.69, 9.17) is 17.0 Å². The SMILES string of the molecule is COC(=O)c1c(NC(=S)NC(C)c2ccccc2)sc(C)c1C. The maximum Gasteiger partial charge on any atom is 0.341 e. The zero-order valence-electron chi connectivity index (χ0n) is 13.6. The molecule has 1 unspecified atom stereocenters. The van der Waals surface area contributed by atoms with Gasteiger partial charge in [0.05, 0.1) is 18.7 Å². The summed E-state index contributed by atoms with van der Waals surface area (Å²) in [6.07, 6.45) is 0. The highest BCUT2D eigenvalue weighted by Gasteiger charge is 2.21. The molecule has 1 aromatic carbocycles. The number of anilines is 1. The molecule has 0 radical (unpaired) electrons. The number of thiocarbonyl (C=S) groups is 1. The summed E-state index contributed by atoms with van der Waals surface area (Å²) in [6.45, 7) is 5.92. The number of rotatable bonds is 4. The van der Waals surface area contributed by atoms with Gasteiger partial charge in [0.1, 0.15) is 5.00 Å². The number of hydrogen-bond acceptors (Lipinski definition) is 4. The Balaban J connectivity index is 2.12. The zero-order chi connectivity index (χ0) is 17.0. The average molecular weight is 348 g/mol. The molecule has 2 rings (SSSR count). The van der Waals surface area contributed by atoms with E-state index >= 15 is 0 Å². The fraction of sp³-hybridized carbons (Fsp3) is 0.294. The van der Waals surface area contributed by atoms with Crippen LogP contribution in [0.25, 0.3) is 0 Å². The molecule has 1 aromatic heterocycles. The van der Waals surface area contributed by atoms with Gasteiger partial charge in [-0.2, -0.15) is 0 Å². The minimum Gasteiger partial charge on any atom is -0.465 e. The smallest absolute Gasteiger partial charge is 0.341 e. The summed E-state index contributed by atoms with van der Waals surface area (Å²) in [5.74, 6) is -0.353. The van der Waals surface area contributed by atoms with Crippen molar-refractivity contribution in [2.24, 2.45) is 0 Å². The van der Waals surface area contributed by atoms with Crippen LogP contribution in [0.3, 0.4) is 0 Å². The molecule has 0 fully saturated rings. The minimum absolute atomic E-state index is 0.0694. The molecule has 0 aliphatic heterocycles. The van der Waals surface area contributed by atoms with E-state index in [9.17, 15) is 4.79 Å². The highest BCUT2D eigenvalue weighted by molar-refractivity contribution is 7.80. The molecule has 0 saturated carbocycles. The predicted octanol–water partition coefficient (Wildman–Crippen LogP) is 4.20. The van der Waals surface area contributed by atoms with E-state index in [0.717, 1.165) is 16.0 Å². The average Bonchev–Trinajstić information content (AvgIpc) is 2.81. The van der Waals surface area contributed by atoms with Gasteiger partial charge in [-0.05, 0) is 44.1 Å². The molecule has 1 heterocycles. The van der Waals surface area contributed by atoms with Crippen molar-refractivity contribution >= 4 is 39.6 Å². The van der Waals surface area contributed by atoms with Gasteiger partial charge in [0.2, 0.25) is 0 Å². The Bertz CT molecular complexity index is 711. The van der Waals surface area contributed by atoms with Gasteiger partial charge in [0.15, 0.2) is 5.11 Å². The van der Waals surface area contributed by atoms with Crippen molar-refractivity contribution in [3.63, 3.8) is 0 Å². The summed E-state index contributed by atoms with van der Waals surface area (Å²) in [5, 5.41) is 7.55. The molecule has 6 heteroatoms. The molecule has 2 N–H and O–H groups in total. The second-order valence-electron chi connectivity index (χ2n) is 5.21. The first-order valence-electron chi connectivity index (χ1n) is 7.24. The van der Waals surface area contributed by atoms with Crippen molar-refractivity contribution in [3.8, 4) is 0 Å². The van der Waals surface area contributed by atoms with Gasteiger partial charge >= 0.3 is 5.97 Å². The second kappa shape index (κ2) is 7.57. The Morgan fingerprint density at radius 3 is 2.52 bits per heavy atom. The maximum atomic E-state index is 12.0. The number of thiophene rings is 1. The number of esters is 1. The summed E-state index contributed by atoms with van der Waals surface area (Å²) in [4.78, 5) is 13.0. The minimum atomic E-state index is -0.353. The summed E-state index contributed by atoms with van der Waals surface area (Å²) >= 11 is 6.88. The van der Waals surface area contributed by atoms with Gasteiger partial charge in [-0.1, -0.05) is 30.3 Å². The molecule has 0 bridgehead atoms. The molecule has 0 amide bonds. The lowest BCUT2D eigenvalue weighted by Gasteiger charge is -2.17. The monoisotopic (exact) mass is 348 g/mol. The number of aryl methyl sites for hydroxylation is 1. The van der Waals surface area contributed by atoms with E-state index in [1.54, 1.807) is 0 Å². The van der Waals surface area contributed by atoms with E-state index in [0.29, 0.717) is 15.7 Å². The summed E-state index contributed by atoms with van der Waals surface area (Å²) in [7, 11) is 1.38. The Hall–Kier alpha value is -1.92. The van der Waals surface area contributed by atoms with E-state index in [2.05, 4.69) is 10.6 Å². The van der Waals surface area contributed by atoms with Crippen molar-refractivity contribution in [2.75, 3.05) is 12.4 Å². The Morgan fingerprint density at radius 2 is 1.91 bits per heavy atom. The normalized spacial score (nSPS) is 11.7. The Kier molecular flexibility index (Phi) is 5.74. The van der Waals surface area contributed by atoms with E-state index < -0.39 is 0 Å². The molecule has 1 atom stereocenters. The lowest BCUT2D eigenvalue weighted by Crippen LogP contribution is -2.31. The first-order chi connectivity index (χ1) is 10.9. The summed E-state index contributed by atoms with van der Waals surface area (Å²) < 4.78 is 4.87. The molecule has 0 spiro atoms. The lowest BCUT2D eigenvalue weighted by atomic mass is 10.1. The molecule has 0 aliphatic carbocycles. The van der Waals surface area contributed by atoms with Crippen LogP contribution in [0, 0.1) is 13.8 Å². The van der Waals surface area contributed by atoms with Gasteiger partial charge in [-0.25, -0.2) is 4.79 Å². The third-order valence-electron chi connectivity index (χ3n) is 3.65. The number of ether oxygens (including phenoxy) is 1. The fourth-order valence-corrected chi connectivity index (χ4v) is 3.62. The molecule has 4 nitrogen and oxygen atoms in total. The van der Waals surface area contributed by atoms with Crippen molar-refractivity contribution < 1.29 is 9.53 Å². The van der Waals surface area contributed by atoms with Gasteiger partial charge in [0.25, 0.3) is 0 Å². The molecular weight excluding hydrogens is 328 g/mol. The third-order valence-corrected chi connectivity index (χ3v) is 4.99. The van der Waals surface area contributed by atoms with Crippen molar-refractivity contribution in [1.82, 2.24) is 5.32 Å². The van der Waals surface area contributed by atoms with E-state index in [1.807, 2.05) is 51.1 Å². The number of benzene rings is 1. The van der Waals surface area contributed by atoms with Crippen LogP contribution in [0.4, 0.5) is 5.00 Å². The number of methoxy groups -OCH3 is 1. The number of nitrogens with one attached hydrogen (secondary N) is 2. The van der Waals surface area contributed by atoms with Crippen LogP contribution in [0.2, 0.25) is 0 Å². The van der Waals surface area contributed by atoms with Crippen molar-refractivity contribution in [3.05, 3.63) is 51.9 Å². The van der Waals surface area contributed by atoms with E-state index in [1.165, 1.54) is 18.4 Å². The van der Waals surface area contributed by atoms with Crippen LogP contribution in [-0.4, -0.2) is 18.2 Å². The largest absolute Gasteiger partial charge is 0.465 e. The van der Waals surface area contributed by atoms with Gasteiger partial charge in [-0.3, -0.25) is 0 Å². The molecule has 2 aromatic rings. The molecule has 23 heavy (non-hydrogen) atoms. The van der Waals surface area contributed by atoms with E-state index in [-0.39, 0.29) is 12.0 Å². The molecular formula is C17H20N2O2S2. The van der Waals surface area contributed by atoms with Gasteiger partial charge in [0, 0.05) is 4.88 Å². The zero-order valence-corrected chi connectivity index (χ0v) is 15.2. The first kappa shape index (κ1) is 17.4. The number of hydrogen-bond donors (Lipinski definition) is 2. The Labute approximate surface area is 145 Å². The van der Waals surface area contributed by atoms with Crippen LogP contribution in [-0.2, 0) is 4.74 Å². The maximum absolute atomic E-state index is 12.0. The quantitative estimate of drug-likeness (QED) is 0.641. The molecule has 0 saturated heterocycles. The molecule has 122 valence electrons. The Morgan fingerprint density at radius 1 is 1.26 bits per heavy atom. The summed E-state index contributed by atoms with van der Waals surface area (Å²) in [5.41, 5.74) is 2.61. The van der Waals surface area contributed by atoms with Crippen LogP contribution in [0.15, 0.2) is 30.3 Å². The topological polar surface area (TPSA) is 50.4 Å². The van der Waals surface area contributed by atoms with Gasteiger partial charge in [-0.15, -0.1) is 11.3 Å². The highest BCUT2D eigenvalue weighted by atomic mass is 32.1. The fourth-order valence-electron chi connectivity index (χ4n) is 2.22. The highest BCUT2D eigenvalue weighted by Crippen LogP contribution is 2.33.